The van der Waals surface area contributed by atoms with Crippen LogP contribution < -0.4 is 16.0 Å². The topological polar surface area (TPSA) is 153 Å². The van der Waals surface area contributed by atoms with Crippen LogP contribution in [0.15, 0.2) is 40.8 Å². The highest BCUT2D eigenvalue weighted by molar-refractivity contribution is 5.95. The first-order valence-corrected chi connectivity index (χ1v) is 16.0. The first-order chi connectivity index (χ1) is 22.0. The van der Waals surface area contributed by atoms with Crippen LogP contribution in [0.2, 0.25) is 0 Å². The van der Waals surface area contributed by atoms with Crippen LogP contribution in [0.5, 0.6) is 0 Å². The number of nitrogens with zero attached hydrogens (tertiary/aromatic N) is 4. The second-order valence-electron chi connectivity index (χ2n) is 12.7. The number of aromatic nitrogens is 2. The van der Waals surface area contributed by atoms with Crippen LogP contribution in [0, 0.1) is 11.3 Å². The number of hydrogen-bond acceptors (Lipinski definition) is 8. The van der Waals surface area contributed by atoms with Crippen molar-refractivity contribution < 1.29 is 18.8 Å². The summed E-state index contributed by atoms with van der Waals surface area (Å²) in [7, 11) is 3.22. The molecule has 46 heavy (non-hydrogen) atoms. The lowest BCUT2D eigenvalue weighted by molar-refractivity contribution is -0.132. The van der Waals surface area contributed by atoms with Crippen molar-refractivity contribution in [2.24, 2.45) is 0 Å². The SMILES string of the molecule is CNC(=O)c1ccc2c(c1)CCc1cc(C(=O)NC)ccc1C2(C[C@@H](C)NCC(=O)N(C(C)C#N)C1CC1)c1nnc(C(C)C)o1. The van der Waals surface area contributed by atoms with E-state index in [0.717, 1.165) is 35.1 Å². The summed E-state index contributed by atoms with van der Waals surface area (Å²) in [5, 5.41) is 27.5. The Morgan fingerprint density at radius 2 is 1.52 bits per heavy atom. The molecule has 11 nitrogen and oxygen atoms in total. The number of rotatable bonds is 11. The van der Waals surface area contributed by atoms with E-state index in [4.69, 9.17) is 4.42 Å². The summed E-state index contributed by atoms with van der Waals surface area (Å²) >= 11 is 0. The summed E-state index contributed by atoms with van der Waals surface area (Å²) in [4.78, 5) is 40.5. The number of carbonyl (C=O) groups excluding carboxylic acids is 3. The fourth-order valence-corrected chi connectivity index (χ4v) is 6.63. The summed E-state index contributed by atoms with van der Waals surface area (Å²) in [6, 6.07) is 13.0. The van der Waals surface area contributed by atoms with E-state index in [2.05, 4.69) is 32.2 Å². The lowest BCUT2D eigenvalue weighted by Gasteiger charge is -2.36. The van der Waals surface area contributed by atoms with Gasteiger partial charge in [0.15, 0.2) is 0 Å². The van der Waals surface area contributed by atoms with Crippen molar-refractivity contribution in [2.45, 2.75) is 89.3 Å². The molecule has 11 heteroatoms. The molecule has 0 radical (unpaired) electrons. The van der Waals surface area contributed by atoms with Gasteiger partial charge in [0.25, 0.3) is 11.8 Å². The van der Waals surface area contributed by atoms with Crippen LogP contribution >= 0.6 is 0 Å². The number of nitrogens with one attached hydrogen (secondary N) is 3. The molecule has 1 unspecified atom stereocenters. The highest BCUT2D eigenvalue weighted by Crippen LogP contribution is 2.48. The normalized spacial score (nSPS) is 16.3. The quantitative estimate of drug-likeness (QED) is 0.292. The van der Waals surface area contributed by atoms with Gasteiger partial charge in [-0.2, -0.15) is 5.26 Å². The first kappa shape index (κ1) is 32.8. The second kappa shape index (κ2) is 13.4. The molecule has 3 aromatic rings. The van der Waals surface area contributed by atoms with E-state index >= 15 is 0 Å². The van der Waals surface area contributed by atoms with E-state index in [-0.39, 0.29) is 42.3 Å². The van der Waals surface area contributed by atoms with Crippen LogP contribution in [0.25, 0.3) is 0 Å². The maximum Gasteiger partial charge on any atom is 0.251 e. The molecule has 2 atom stereocenters. The highest BCUT2D eigenvalue weighted by Gasteiger charge is 2.47. The third-order valence-electron chi connectivity index (χ3n) is 9.12. The first-order valence-electron chi connectivity index (χ1n) is 16.0. The summed E-state index contributed by atoms with van der Waals surface area (Å²) in [5.74, 6) is 0.447. The highest BCUT2D eigenvalue weighted by atomic mass is 16.4. The van der Waals surface area contributed by atoms with Gasteiger partial charge in [-0.1, -0.05) is 26.0 Å². The number of benzene rings is 2. The van der Waals surface area contributed by atoms with Gasteiger partial charge in [-0.15, -0.1) is 10.2 Å². The molecule has 0 bridgehead atoms. The molecule has 3 N–H and O–H groups in total. The number of nitriles is 1. The van der Waals surface area contributed by atoms with Gasteiger partial charge in [-0.25, -0.2) is 0 Å². The summed E-state index contributed by atoms with van der Waals surface area (Å²) in [6.45, 7) is 7.84. The molecule has 1 saturated carbocycles. The lowest BCUT2D eigenvalue weighted by atomic mass is 9.68. The van der Waals surface area contributed by atoms with E-state index in [1.54, 1.807) is 25.9 Å². The summed E-state index contributed by atoms with van der Waals surface area (Å²) < 4.78 is 6.49. The molecular formula is C35H43N7O4. The molecule has 5 rings (SSSR count). The second-order valence-corrected chi connectivity index (χ2v) is 12.7. The molecule has 242 valence electrons. The smallest absolute Gasteiger partial charge is 0.251 e. The Kier molecular flexibility index (Phi) is 9.58. The van der Waals surface area contributed by atoms with Crippen molar-refractivity contribution >= 4 is 17.7 Å². The molecule has 2 aliphatic rings. The summed E-state index contributed by atoms with van der Waals surface area (Å²) in [6.07, 6.45) is 3.51. The molecule has 1 heterocycles. The van der Waals surface area contributed by atoms with Crippen molar-refractivity contribution in [3.8, 4) is 6.07 Å². The van der Waals surface area contributed by atoms with E-state index in [9.17, 15) is 19.6 Å². The average molecular weight is 626 g/mol. The Labute approximate surface area is 270 Å². The fraction of sp³-hybridized carbons (Fsp3) is 0.486. The van der Waals surface area contributed by atoms with Gasteiger partial charge >= 0.3 is 0 Å². The Morgan fingerprint density at radius 1 is 0.957 bits per heavy atom. The minimum Gasteiger partial charge on any atom is -0.424 e. The molecule has 2 aromatic carbocycles. The zero-order valence-corrected chi connectivity index (χ0v) is 27.4. The maximum absolute atomic E-state index is 13.4. The van der Waals surface area contributed by atoms with Gasteiger partial charge in [0.05, 0.1) is 12.6 Å². The minimum atomic E-state index is -0.963. The van der Waals surface area contributed by atoms with Crippen LogP contribution in [0.4, 0.5) is 0 Å². The van der Waals surface area contributed by atoms with Crippen LogP contribution in [-0.4, -0.2) is 71.6 Å². The van der Waals surface area contributed by atoms with Gasteiger partial charge in [0.2, 0.25) is 17.7 Å². The number of fused-ring (bicyclic) bond motifs is 2. The van der Waals surface area contributed by atoms with Crippen molar-refractivity contribution in [1.82, 2.24) is 31.0 Å². The molecule has 0 saturated heterocycles. The Balaban J connectivity index is 1.64. The van der Waals surface area contributed by atoms with Crippen molar-refractivity contribution in [3.63, 3.8) is 0 Å². The van der Waals surface area contributed by atoms with Gasteiger partial charge < -0.3 is 25.3 Å². The van der Waals surface area contributed by atoms with Gasteiger partial charge in [0, 0.05) is 43.2 Å². The Hall–Kier alpha value is -4.56. The van der Waals surface area contributed by atoms with Crippen molar-refractivity contribution in [1.29, 1.82) is 5.26 Å². The zero-order valence-electron chi connectivity index (χ0n) is 27.4. The molecular weight excluding hydrogens is 582 g/mol. The van der Waals surface area contributed by atoms with Crippen LogP contribution in [0.3, 0.4) is 0 Å². The van der Waals surface area contributed by atoms with E-state index in [1.165, 1.54) is 0 Å². The van der Waals surface area contributed by atoms with Crippen molar-refractivity contribution in [3.05, 3.63) is 81.6 Å². The molecule has 1 fully saturated rings. The standard InChI is InChI=1S/C35H43N7O4/c1-20(2)33-40-41-34(46-33)35(17-21(3)39-19-30(43)42(22(4)18-36)27-11-12-27)28-13-9-25(31(44)37-5)15-23(28)7-8-24-16-26(32(45)38-6)10-14-29(24)35/h9-10,13-16,20-22,27,39H,7-8,11-12,17,19H2,1-6H3,(H,37,44)(H,38,45)/t21-,22?/m1/s1. The Morgan fingerprint density at radius 3 is 1.98 bits per heavy atom. The minimum absolute atomic E-state index is 0.00188. The Bertz CT molecular complexity index is 1600. The number of hydrogen-bond donors (Lipinski definition) is 3. The number of aryl methyl sites for hydroxylation is 2. The van der Waals surface area contributed by atoms with Gasteiger partial charge in [-0.05, 0) is 92.5 Å². The van der Waals surface area contributed by atoms with Gasteiger partial charge in [0.1, 0.15) is 11.5 Å². The van der Waals surface area contributed by atoms with E-state index in [0.29, 0.717) is 42.2 Å². The van der Waals surface area contributed by atoms with E-state index in [1.807, 2.05) is 57.2 Å². The predicted molar refractivity (Wildman–Crippen MR) is 172 cm³/mol. The molecule has 2 aliphatic carbocycles. The monoisotopic (exact) mass is 625 g/mol. The molecule has 3 amide bonds. The maximum atomic E-state index is 13.4. The van der Waals surface area contributed by atoms with Crippen LogP contribution in [-0.2, 0) is 23.1 Å². The van der Waals surface area contributed by atoms with Crippen LogP contribution in [0.1, 0.15) is 108 Å². The molecule has 1 aromatic heterocycles. The van der Waals surface area contributed by atoms with Crippen molar-refractivity contribution in [2.75, 3.05) is 20.6 Å². The fourth-order valence-electron chi connectivity index (χ4n) is 6.63. The molecule has 0 aliphatic heterocycles. The zero-order chi connectivity index (χ0) is 33.2. The summed E-state index contributed by atoms with van der Waals surface area (Å²) in [5.41, 5.74) is 3.93. The largest absolute Gasteiger partial charge is 0.424 e. The lowest BCUT2D eigenvalue weighted by Crippen LogP contribution is -2.47. The third kappa shape index (κ3) is 6.27. The number of amides is 3. The predicted octanol–water partition coefficient (Wildman–Crippen LogP) is 3.62. The number of carbonyl (C=O) groups is 3. The van der Waals surface area contributed by atoms with E-state index < -0.39 is 11.5 Å². The van der Waals surface area contributed by atoms with Gasteiger partial charge in [-0.3, -0.25) is 14.4 Å². The third-order valence-corrected chi connectivity index (χ3v) is 9.12. The molecule has 0 spiro atoms. The average Bonchev–Trinajstić information content (AvgIpc) is 3.79.